The Labute approximate surface area is 90.6 Å². The van der Waals surface area contributed by atoms with E-state index >= 15 is 0 Å². The summed E-state index contributed by atoms with van der Waals surface area (Å²) in [6, 6.07) is 6.05. The lowest BCUT2D eigenvalue weighted by atomic mass is 10.1. The molecule has 3 nitrogen and oxygen atoms in total. The molecular weight excluding hydrogens is 188 g/mol. The van der Waals surface area contributed by atoms with Crippen LogP contribution in [-0.2, 0) is 4.74 Å². The van der Waals surface area contributed by atoms with E-state index in [1.54, 1.807) is 0 Å². The summed E-state index contributed by atoms with van der Waals surface area (Å²) in [5.41, 5.74) is 8.94. The standard InChI is InChI=1S/C12H18N2O/c1-9-4-2-6-11(12(9)13)14-8-10-5-3-7-15-10/h2,4,6,10,14H,3,5,7-8,13H2,1H3. The molecule has 2 rings (SSSR count). The average molecular weight is 206 g/mol. The number of nitrogens with two attached hydrogens (primary N) is 1. The van der Waals surface area contributed by atoms with Crippen molar-refractivity contribution in [2.45, 2.75) is 25.9 Å². The van der Waals surface area contributed by atoms with Gasteiger partial charge in [-0.25, -0.2) is 0 Å². The number of para-hydroxylation sites is 1. The lowest BCUT2D eigenvalue weighted by molar-refractivity contribution is 0.120. The molecule has 0 radical (unpaired) electrons. The molecule has 0 amide bonds. The first kappa shape index (κ1) is 10.3. The summed E-state index contributed by atoms with van der Waals surface area (Å²) in [5.74, 6) is 0. The maximum absolute atomic E-state index is 5.96. The summed E-state index contributed by atoms with van der Waals surface area (Å²) >= 11 is 0. The van der Waals surface area contributed by atoms with Crippen molar-refractivity contribution in [2.24, 2.45) is 0 Å². The van der Waals surface area contributed by atoms with Crippen molar-refractivity contribution >= 4 is 11.4 Å². The third-order valence-corrected chi connectivity index (χ3v) is 2.87. The second-order valence-electron chi connectivity index (χ2n) is 4.05. The Morgan fingerprint density at radius 3 is 3.13 bits per heavy atom. The number of hydrogen-bond donors (Lipinski definition) is 2. The minimum atomic E-state index is 0.352. The molecule has 1 heterocycles. The zero-order chi connectivity index (χ0) is 10.7. The van der Waals surface area contributed by atoms with E-state index in [0.717, 1.165) is 36.5 Å². The average Bonchev–Trinajstić information content (AvgIpc) is 2.73. The Morgan fingerprint density at radius 1 is 1.53 bits per heavy atom. The molecule has 3 N–H and O–H groups in total. The van der Waals surface area contributed by atoms with E-state index in [1.807, 2.05) is 25.1 Å². The quantitative estimate of drug-likeness (QED) is 0.745. The van der Waals surface area contributed by atoms with E-state index in [2.05, 4.69) is 5.32 Å². The fraction of sp³-hybridized carbons (Fsp3) is 0.500. The highest BCUT2D eigenvalue weighted by Gasteiger charge is 2.15. The van der Waals surface area contributed by atoms with Crippen LogP contribution in [0.15, 0.2) is 18.2 Å². The van der Waals surface area contributed by atoms with Gasteiger partial charge < -0.3 is 15.8 Å². The van der Waals surface area contributed by atoms with Gasteiger partial charge in [-0.1, -0.05) is 12.1 Å². The highest BCUT2D eigenvalue weighted by molar-refractivity contribution is 5.69. The number of ether oxygens (including phenoxy) is 1. The molecule has 0 saturated carbocycles. The summed E-state index contributed by atoms with van der Waals surface area (Å²) in [4.78, 5) is 0. The Balaban J connectivity index is 1.95. The minimum absolute atomic E-state index is 0.352. The van der Waals surface area contributed by atoms with Crippen molar-refractivity contribution in [3.05, 3.63) is 23.8 Å². The van der Waals surface area contributed by atoms with Gasteiger partial charge in [0, 0.05) is 13.2 Å². The van der Waals surface area contributed by atoms with Crippen LogP contribution in [0.1, 0.15) is 18.4 Å². The van der Waals surface area contributed by atoms with Crippen LogP contribution in [0.5, 0.6) is 0 Å². The molecule has 3 heteroatoms. The molecule has 82 valence electrons. The van der Waals surface area contributed by atoms with E-state index < -0.39 is 0 Å². The van der Waals surface area contributed by atoms with Gasteiger partial charge in [0.1, 0.15) is 0 Å². The molecule has 1 saturated heterocycles. The molecule has 1 aliphatic heterocycles. The molecule has 1 atom stereocenters. The molecule has 15 heavy (non-hydrogen) atoms. The van der Waals surface area contributed by atoms with E-state index in [-0.39, 0.29) is 0 Å². The molecule has 1 aromatic carbocycles. The van der Waals surface area contributed by atoms with E-state index in [4.69, 9.17) is 10.5 Å². The van der Waals surface area contributed by atoms with Gasteiger partial charge in [0.05, 0.1) is 17.5 Å². The van der Waals surface area contributed by atoms with Crippen LogP contribution in [0.4, 0.5) is 11.4 Å². The van der Waals surface area contributed by atoms with Crippen LogP contribution >= 0.6 is 0 Å². The van der Waals surface area contributed by atoms with Crippen molar-refractivity contribution in [2.75, 3.05) is 24.2 Å². The Morgan fingerprint density at radius 2 is 2.40 bits per heavy atom. The number of anilines is 2. The summed E-state index contributed by atoms with van der Waals surface area (Å²) in [6.07, 6.45) is 2.68. The SMILES string of the molecule is Cc1cccc(NCC2CCCO2)c1N. The van der Waals surface area contributed by atoms with Crippen LogP contribution in [0, 0.1) is 6.92 Å². The summed E-state index contributed by atoms with van der Waals surface area (Å²) in [6.45, 7) is 3.77. The number of hydrogen-bond acceptors (Lipinski definition) is 3. The maximum atomic E-state index is 5.96. The largest absolute Gasteiger partial charge is 0.397 e. The lowest BCUT2D eigenvalue weighted by Gasteiger charge is -2.14. The zero-order valence-corrected chi connectivity index (χ0v) is 9.12. The summed E-state index contributed by atoms with van der Waals surface area (Å²) in [7, 11) is 0. The van der Waals surface area contributed by atoms with Crippen molar-refractivity contribution in [3.8, 4) is 0 Å². The van der Waals surface area contributed by atoms with Crippen molar-refractivity contribution in [1.82, 2.24) is 0 Å². The van der Waals surface area contributed by atoms with Gasteiger partial charge in [-0.05, 0) is 31.4 Å². The van der Waals surface area contributed by atoms with E-state index in [9.17, 15) is 0 Å². The van der Waals surface area contributed by atoms with E-state index in [1.165, 1.54) is 6.42 Å². The van der Waals surface area contributed by atoms with Crippen LogP contribution in [0.25, 0.3) is 0 Å². The zero-order valence-electron chi connectivity index (χ0n) is 9.12. The fourth-order valence-electron chi connectivity index (χ4n) is 1.86. The van der Waals surface area contributed by atoms with Crippen LogP contribution in [-0.4, -0.2) is 19.3 Å². The number of benzene rings is 1. The summed E-state index contributed by atoms with van der Waals surface area (Å²) in [5, 5.41) is 3.35. The minimum Gasteiger partial charge on any atom is -0.397 e. The predicted octanol–water partition coefficient (Wildman–Crippen LogP) is 2.17. The highest BCUT2D eigenvalue weighted by Crippen LogP contribution is 2.22. The van der Waals surface area contributed by atoms with Crippen molar-refractivity contribution in [1.29, 1.82) is 0 Å². The van der Waals surface area contributed by atoms with Gasteiger partial charge in [-0.2, -0.15) is 0 Å². The van der Waals surface area contributed by atoms with Crippen molar-refractivity contribution in [3.63, 3.8) is 0 Å². The number of aryl methyl sites for hydroxylation is 1. The number of nitrogen functional groups attached to an aromatic ring is 1. The van der Waals surface area contributed by atoms with Crippen LogP contribution in [0.3, 0.4) is 0 Å². The van der Waals surface area contributed by atoms with Gasteiger partial charge in [0.2, 0.25) is 0 Å². The first-order chi connectivity index (χ1) is 7.27. The molecule has 0 aromatic heterocycles. The molecule has 1 aromatic rings. The normalized spacial score (nSPS) is 20.5. The molecular formula is C12H18N2O. The molecule has 1 fully saturated rings. The number of nitrogens with one attached hydrogen (secondary N) is 1. The second-order valence-corrected chi connectivity index (χ2v) is 4.05. The molecule has 0 aliphatic carbocycles. The number of rotatable bonds is 3. The molecule has 1 unspecified atom stereocenters. The Hall–Kier alpha value is -1.22. The Bertz CT molecular complexity index is 332. The van der Waals surface area contributed by atoms with Gasteiger partial charge in [-0.15, -0.1) is 0 Å². The topological polar surface area (TPSA) is 47.3 Å². The molecule has 0 spiro atoms. The first-order valence-electron chi connectivity index (χ1n) is 5.48. The van der Waals surface area contributed by atoms with Crippen molar-refractivity contribution < 1.29 is 4.74 Å². The van der Waals surface area contributed by atoms with E-state index in [0.29, 0.717) is 6.10 Å². The van der Waals surface area contributed by atoms with Gasteiger partial charge >= 0.3 is 0 Å². The highest BCUT2D eigenvalue weighted by atomic mass is 16.5. The molecule has 0 bridgehead atoms. The fourth-order valence-corrected chi connectivity index (χ4v) is 1.86. The second kappa shape index (κ2) is 4.53. The Kier molecular flexibility index (Phi) is 3.11. The summed E-state index contributed by atoms with van der Waals surface area (Å²) < 4.78 is 5.54. The van der Waals surface area contributed by atoms with Gasteiger partial charge in [0.15, 0.2) is 0 Å². The molecule has 1 aliphatic rings. The van der Waals surface area contributed by atoms with Gasteiger partial charge in [0.25, 0.3) is 0 Å². The lowest BCUT2D eigenvalue weighted by Crippen LogP contribution is -2.19. The first-order valence-corrected chi connectivity index (χ1v) is 5.48. The van der Waals surface area contributed by atoms with Crippen LogP contribution < -0.4 is 11.1 Å². The monoisotopic (exact) mass is 206 g/mol. The maximum Gasteiger partial charge on any atom is 0.0748 e. The van der Waals surface area contributed by atoms with Crippen LogP contribution in [0.2, 0.25) is 0 Å². The smallest absolute Gasteiger partial charge is 0.0748 e. The van der Waals surface area contributed by atoms with Gasteiger partial charge in [-0.3, -0.25) is 0 Å². The third-order valence-electron chi connectivity index (χ3n) is 2.87. The predicted molar refractivity (Wildman–Crippen MR) is 63.1 cm³/mol. The third kappa shape index (κ3) is 2.42.